The molecule has 2 N–H and O–H groups in total. The minimum atomic E-state index is -0.258. The van der Waals surface area contributed by atoms with Crippen molar-refractivity contribution < 1.29 is 9.90 Å². The lowest BCUT2D eigenvalue weighted by atomic mass is 9.86. The second-order valence-electron chi connectivity index (χ2n) is 6.05. The molecule has 0 saturated heterocycles. The van der Waals surface area contributed by atoms with E-state index in [1.807, 2.05) is 6.20 Å². The summed E-state index contributed by atoms with van der Waals surface area (Å²) >= 11 is 1.71. The quantitative estimate of drug-likeness (QED) is 0.844. The molecule has 6 heteroatoms. The third kappa shape index (κ3) is 4.95. The summed E-state index contributed by atoms with van der Waals surface area (Å²) in [7, 11) is 1.80. The van der Waals surface area contributed by atoms with Crippen LogP contribution in [0.25, 0.3) is 0 Å². The highest BCUT2D eigenvalue weighted by Crippen LogP contribution is 2.24. The van der Waals surface area contributed by atoms with Crippen LogP contribution in [0.5, 0.6) is 0 Å². The number of nitrogens with one attached hydrogen (secondary N) is 1. The van der Waals surface area contributed by atoms with Crippen LogP contribution in [0.1, 0.15) is 42.5 Å². The standard InChI is InChI=1S/C16H27N3O2S/c1-3-13-10-18-15(22-13)8-9-17-16(21)19(2)11-12-6-4-5-7-14(12)20/h10,12,14,20H,3-9,11H2,1-2H3,(H,17,21)/t12-,14-/m0/s1. The zero-order chi connectivity index (χ0) is 15.9. The van der Waals surface area contributed by atoms with E-state index < -0.39 is 0 Å². The van der Waals surface area contributed by atoms with Crippen LogP contribution in [0, 0.1) is 5.92 Å². The zero-order valence-corrected chi connectivity index (χ0v) is 14.4. The molecule has 0 spiro atoms. The Morgan fingerprint density at radius 3 is 2.95 bits per heavy atom. The molecule has 0 aliphatic heterocycles. The van der Waals surface area contributed by atoms with E-state index in [4.69, 9.17) is 0 Å². The fraction of sp³-hybridized carbons (Fsp3) is 0.750. The molecule has 124 valence electrons. The molecule has 0 radical (unpaired) electrons. The van der Waals surface area contributed by atoms with Gasteiger partial charge in [0.15, 0.2) is 0 Å². The Hall–Kier alpha value is -1.14. The Morgan fingerprint density at radius 2 is 2.27 bits per heavy atom. The summed E-state index contributed by atoms with van der Waals surface area (Å²) in [6, 6.07) is -0.0648. The highest BCUT2D eigenvalue weighted by atomic mass is 32.1. The van der Waals surface area contributed by atoms with Gasteiger partial charge in [0.25, 0.3) is 0 Å². The molecular formula is C16H27N3O2S. The van der Waals surface area contributed by atoms with Gasteiger partial charge >= 0.3 is 6.03 Å². The molecule has 0 aromatic carbocycles. The summed E-state index contributed by atoms with van der Waals surface area (Å²) in [4.78, 5) is 19.4. The lowest BCUT2D eigenvalue weighted by Crippen LogP contribution is -2.43. The van der Waals surface area contributed by atoms with E-state index in [9.17, 15) is 9.90 Å². The Morgan fingerprint density at radius 1 is 1.50 bits per heavy atom. The van der Waals surface area contributed by atoms with Crippen molar-refractivity contribution >= 4 is 17.4 Å². The van der Waals surface area contributed by atoms with Gasteiger partial charge in [-0.15, -0.1) is 11.3 Å². The Bertz CT molecular complexity index is 478. The van der Waals surface area contributed by atoms with Crippen molar-refractivity contribution in [2.24, 2.45) is 5.92 Å². The Labute approximate surface area is 136 Å². The third-order valence-corrected chi connectivity index (χ3v) is 5.49. The van der Waals surface area contributed by atoms with E-state index in [0.29, 0.717) is 13.1 Å². The van der Waals surface area contributed by atoms with Gasteiger partial charge in [0, 0.05) is 43.5 Å². The molecule has 1 saturated carbocycles. The molecule has 0 bridgehead atoms. The number of aryl methyl sites for hydroxylation is 1. The number of aliphatic hydroxyl groups is 1. The van der Waals surface area contributed by atoms with Crippen molar-refractivity contribution in [1.29, 1.82) is 0 Å². The molecule has 2 rings (SSSR count). The molecule has 0 unspecified atom stereocenters. The van der Waals surface area contributed by atoms with Crippen LogP contribution in [0.15, 0.2) is 6.20 Å². The van der Waals surface area contributed by atoms with Gasteiger partial charge in [-0.2, -0.15) is 0 Å². The highest BCUT2D eigenvalue weighted by Gasteiger charge is 2.25. The van der Waals surface area contributed by atoms with Crippen molar-refractivity contribution in [3.63, 3.8) is 0 Å². The molecule has 1 aromatic heterocycles. The van der Waals surface area contributed by atoms with Gasteiger partial charge in [0.1, 0.15) is 0 Å². The van der Waals surface area contributed by atoms with Crippen LogP contribution in [0.3, 0.4) is 0 Å². The van der Waals surface area contributed by atoms with Gasteiger partial charge in [-0.1, -0.05) is 19.8 Å². The first-order valence-corrected chi connectivity index (χ1v) is 9.02. The molecule has 22 heavy (non-hydrogen) atoms. The van der Waals surface area contributed by atoms with Crippen LogP contribution < -0.4 is 5.32 Å². The maximum Gasteiger partial charge on any atom is 0.317 e. The number of carbonyl (C=O) groups excluding carboxylic acids is 1. The minimum Gasteiger partial charge on any atom is -0.393 e. The van der Waals surface area contributed by atoms with Crippen LogP contribution >= 0.6 is 11.3 Å². The summed E-state index contributed by atoms with van der Waals surface area (Å²) in [5.41, 5.74) is 0. The summed E-state index contributed by atoms with van der Waals surface area (Å²) in [5.74, 6) is 0.218. The van der Waals surface area contributed by atoms with Gasteiger partial charge in [-0.25, -0.2) is 9.78 Å². The second-order valence-corrected chi connectivity index (χ2v) is 7.25. The van der Waals surface area contributed by atoms with Gasteiger partial charge < -0.3 is 15.3 Å². The largest absolute Gasteiger partial charge is 0.393 e. The van der Waals surface area contributed by atoms with Crippen molar-refractivity contribution in [2.45, 2.75) is 51.6 Å². The van der Waals surface area contributed by atoms with Crippen LogP contribution in [-0.2, 0) is 12.8 Å². The zero-order valence-electron chi connectivity index (χ0n) is 13.5. The highest BCUT2D eigenvalue weighted by molar-refractivity contribution is 7.11. The predicted molar refractivity (Wildman–Crippen MR) is 89.2 cm³/mol. The number of nitrogens with zero attached hydrogens (tertiary/aromatic N) is 2. The van der Waals surface area contributed by atoms with E-state index in [2.05, 4.69) is 17.2 Å². The molecule has 5 nitrogen and oxygen atoms in total. The molecule has 1 heterocycles. The second kappa shape index (κ2) is 8.48. The molecule has 2 amide bonds. The van der Waals surface area contributed by atoms with E-state index in [1.54, 1.807) is 23.3 Å². The SMILES string of the molecule is CCc1cnc(CCNC(=O)N(C)C[C@@H]2CCCC[C@@H]2O)s1. The average molecular weight is 325 g/mol. The number of thiazole rings is 1. The van der Waals surface area contributed by atoms with Crippen LogP contribution in [0.4, 0.5) is 4.79 Å². The van der Waals surface area contributed by atoms with E-state index in [1.165, 1.54) is 4.88 Å². The Kier molecular flexibility index (Phi) is 6.64. The summed E-state index contributed by atoms with van der Waals surface area (Å²) in [5, 5.41) is 14.0. The smallest absolute Gasteiger partial charge is 0.317 e. The van der Waals surface area contributed by atoms with E-state index >= 15 is 0 Å². The minimum absolute atomic E-state index is 0.0648. The van der Waals surface area contributed by atoms with Crippen molar-refractivity contribution in [2.75, 3.05) is 20.1 Å². The average Bonchev–Trinajstić information content (AvgIpc) is 2.97. The number of hydrogen-bond acceptors (Lipinski definition) is 4. The van der Waals surface area contributed by atoms with Crippen molar-refractivity contribution in [1.82, 2.24) is 15.2 Å². The predicted octanol–water partition coefficient (Wildman–Crippen LogP) is 2.44. The fourth-order valence-electron chi connectivity index (χ4n) is 2.87. The normalized spacial score (nSPS) is 21.6. The third-order valence-electron chi connectivity index (χ3n) is 4.29. The fourth-order valence-corrected chi connectivity index (χ4v) is 3.74. The van der Waals surface area contributed by atoms with Gasteiger partial charge in [-0.3, -0.25) is 0 Å². The number of hydrogen-bond donors (Lipinski definition) is 2. The number of amides is 2. The number of aliphatic hydroxyl groups excluding tert-OH is 1. The van der Waals surface area contributed by atoms with E-state index in [0.717, 1.165) is 43.5 Å². The lowest BCUT2D eigenvalue weighted by Gasteiger charge is -2.31. The first-order valence-electron chi connectivity index (χ1n) is 8.20. The Balaban J connectivity index is 1.69. The number of aromatic nitrogens is 1. The summed E-state index contributed by atoms with van der Waals surface area (Å²) in [6.07, 6.45) is 7.57. The molecule has 1 aromatic rings. The van der Waals surface area contributed by atoms with E-state index in [-0.39, 0.29) is 18.1 Å². The van der Waals surface area contributed by atoms with Crippen molar-refractivity contribution in [3.05, 3.63) is 16.1 Å². The van der Waals surface area contributed by atoms with Crippen LogP contribution in [0.2, 0.25) is 0 Å². The van der Waals surface area contributed by atoms with Gasteiger partial charge in [-0.05, 0) is 19.3 Å². The van der Waals surface area contributed by atoms with Gasteiger partial charge in [0.05, 0.1) is 11.1 Å². The molecule has 1 fully saturated rings. The maximum atomic E-state index is 12.1. The molecule has 2 atom stereocenters. The number of rotatable bonds is 6. The molecule has 1 aliphatic carbocycles. The first-order chi connectivity index (χ1) is 10.6. The first kappa shape index (κ1) is 17.2. The lowest BCUT2D eigenvalue weighted by molar-refractivity contribution is 0.0565. The molecular weight excluding hydrogens is 298 g/mol. The molecule has 1 aliphatic rings. The van der Waals surface area contributed by atoms with Crippen LogP contribution in [-0.4, -0.2) is 47.3 Å². The van der Waals surface area contributed by atoms with Crippen molar-refractivity contribution in [3.8, 4) is 0 Å². The summed E-state index contributed by atoms with van der Waals surface area (Å²) < 4.78 is 0. The number of carbonyl (C=O) groups is 1. The number of urea groups is 1. The summed E-state index contributed by atoms with van der Waals surface area (Å²) in [6.45, 7) is 3.35. The van der Waals surface area contributed by atoms with Gasteiger partial charge in [0.2, 0.25) is 0 Å². The topological polar surface area (TPSA) is 65.5 Å². The monoisotopic (exact) mass is 325 g/mol. The maximum absolute atomic E-state index is 12.1.